The van der Waals surface area contributed by atoms with Gasteiger partial charge < -0.3 is 10.6 Å². The molecule has 0 fully saturated rings. The molecule has 2 heteroatoms. The first-order chi connectivity index (χ1) is 7.24. The zero-order valence-electron chi connectivity index (χ0n) is 9.87. The summed E-state index contributed by atoms with van der Waals surface area (Å²) in [7, 11) is 2.13. The number of hydrogen-bond donors (Lipinski definition) is 1. The van der Waals surface area contributed by atoms with Crippen molar-refractivity contribution in [3.05, 3.63) is 35.4 Å². The molecule has 1 aromatic carbocycles. The Morgan fingerprint density at radius 1 is 1.20 bits per heavy atom. The van der Waals surface area contributed by atoms with Crippen LogP contribution in [0.3, 0.4) is 0 Å². The topological polar surface area (TPSA) is 29.3 Å². The highest BCUT2D eigenvalue weighted by Gasteiger charge is 1.99. The minimum Gasteiger partial charge on any atom is -0.329 e. The minimum atomic E-state index is 0.751. The normalized spacial score (nSPS) is 10.9. The summed E-state index contributed by atoms with van der Waals surface area (Å²) in [5, 5.41) is 0. The molecule has 84 valence electrons. The van der Waals surface area contributed by atoms with Gasteiger partial charge in [-0.2, -0.15) is 0 Å². The van der Waals surface area contributed by atoms with E-state index in [0.717, 1.165) is 19.6 Å². The molecule has 0 aliphatic carbocycles. The Labute approximate surface area is 93.1 Å². The van der Waals surface area contributed by atoms with Crippen LogP contribution in [-0.4, -0.2) is 31.6 Å². The van der Waals surface area contributed by atoms with Crippen molar-refractivity contribution in [3.63, 3.8) is 0 Å². The Kier molecular flexibility index (Phi) is 5.37. The van der Waals surface area contributed by atoms with Crippen LogP contribution in [0.4, 0.5) is 0 Å². The van der Waals surface area contributed by atoms with Gasteiger partial charge in [-0.1, -0.05) is 24.3 Å². The van der Waals surface area contributed by atoms with Gasteiger partial charge in [0, 0.05) is 13.1 Å². The summed E-state index contributed by atoms with van der Waals surface area (Å²) >= 11 is 0. The summed E-state index contributed by atoms with van der Waals surface area (Å²) in [6.45, 7) is 5.05. The molecule has 0 aliphatic rings. The highest BCUT2D eigenvalue weighted by Crippen LogP contribution is 2.09. The van der Waals surface area contributed by atoms with E-state index in [9.17, 15) is 0 Å². The lowest BCUT2D eigenvalue weighted by Crippen LogP contribution is -2.26. The fourth-order valence-electron chi connectivity index (χ4n) is 1.76. The summed E-state index contributed by atoms with van der Waals surface area (Å²) < 4.78 is 0. The number of aryl methyl sites for hydroxylation is 2. The lowest BCUT2D eigenvalue weighted by atomic mass is 10.0. The number of nitrogens with zero attached hydrogens (tertiary/aromatic N) is 1. The van der Waals surface area contributed by atoms with Crippen LogP contribution in [-0.2, 0) is 6.42 Å². The fraction of sp³-hybridized carbons (Fsp3) is 0.538. The first-order valence-electron chi connectivity index (χ1n) is 5.67. The molecular weight excluding hydrogens is 184 g/mol. The number of rotatable bonds is 6. The second kappa shape index (κ2) is 6.59. The van der Waals surface area contributed by atoms with E-state index in [0.29, 0.717) is 0 Å². The van der Waals surface area contributed by atoms with Crippen LogP contribution < -0.4 is 5.73 Å². The number of nitrogens with two attached hydrogens (primary N) is 1. The standard InChI is InChI=1S/C13H22N2/c1-12-6-3-4-7-13(12)8-5-10-15(2)11-9-14/h3-4,6-7H,5,8-11,14H2,1-2H3. The van der Waals surface area contributed by atoms with E-state index < -0.39 is 0 Å². The quantitative estimate of drug-likeness (QED) is 0.769. The minimum absolute atomic E-state index is 0.751. The number of likely N-dealkylation sites (N-methyl/N-ethyl adjacent to an activating group) is 1. The molecular formula is C13H22N2. The molecule has 1 aromatic rings. The molecule has 0 saturated carbocycles. The Morgan fingerprint density at radius 2 is 1.93 bits per heavy atom. The molecule has 0 unspecified atom stereocenters. The Bertz CT molecular complexity index is 284. The first-order valence-corrected chi connectivity index (χ1v) is 5.67. The molecule has 0 radical (unpaired) electrons. The molecule has 0 atom stereocenters. The van der Waals surface area contributed by atoms with E-state index in [1.54, 1.807) is 0 Å². The van der Waals surface area contributed by atoms with E-state index in [2.05, 4.69) is 43.1 Å². The van der Waals surface area contributed by atoms with Gasteiger partial charge in [0.2, 0.25) is 0 Å². The third-order valence-corrected chi connectivity index (χ3v) is 2.76. The lowest BCUT2D eigenvalue weighted by Gasteiger charge is -2.15. The summed E-state index contributed by atoms with van der Waals surface area (Å²) in [4.78, 5) is 2.29. The van der Waals surface area contributed by atoms with Crippen molar-refractivity contribution in [2.45, 2.75) is 19.8 Å². The highest BCUT2D eigenvalue weighted by molar-refractivity contribution is 5.25. The van der Waals surface area contributed by atoms with Crippen LogP contribution in [0.5, 0.6) is 0 Å². The van der Waals surface area contributed by atoms with Gasteiger partial charge in [-0.05, 0) is 44.5 Å². The van der Waals surface area contributed by atoms with E-state index in [4.69, 9.17) is 5.73 Å². The van der Waals surface area contributed by atoms with E-state index >= 15 is 0 Å². The predicted molar refractivity (Wildman–Crippen MR) is 66.1 cm³/mol. The number of hydrogen-bond acceptors (Lipinski definition) is 2. The second-order valence-electron chi connectivity index (χ2n) is 4.12. The van der Waals surface area contributed by atoms with Crippen LogP contribution in [0.25, 0.3) is 0 Å². The predicted octanol–water partition coefficient (Wildman–Crippen LogP) is 1.82. The molecule has 0 amide bonds. The Hall–Kier alpha value is -0.860. The van der Waals surface area contributed by atoms with Gasteiger partial charge >= 0.3 is 0 Å². The molecule has 0 heterocycles. The van der Waals surface area contributed by atoms with Crippen molar-refractivity contribution in [2.24, 2.45) is 5.73 Å². The molecule has 0 aliphatic heterocycles. The maximum Gasteiger partial charge on any atom is 0.0102 e. The van der Waals surface area contributed by atoms with Gasteiger partial charge in [-0.15, -0.1) is 0 Å². The fourth-order valence-corrected chi connectivity index (χ4v) is 1.76. The molecule has 2 N–H and O–H groups in total. The van der Waals surface area contributed by atoms with Gasteiger partial charge in [-0.25, -0.2) is 0 Å². The third-order valence-electron chi connectivity index (χ3n) is 2.76. The van der Waals surface area contributed by atoms with Gasteiger partial charge in [0.05, 0.1) is 0 Å². The van der Waals surface area contributed by atoms with Crippen molar-refractivity contribution in [1.29, 1.82) is 0 Å². The summed E-state index contributed by atoms with van der Waals surface area (Å²) in [5.41, 5.74) is 8.37. The summed E-state index contributed by atoms with van der Waals surface area (Å²) in [6.07, 6.45) is 2.38. The Morgan fingerprint density at radius 3 is 2.60 bits per heavy atom. The van der Waals surface area contributed by atoms with Crippen molar-refractivity contribution in [3.8, 4) is 0 Å². The zero-order chi connectivity index (χ0) is 11.1. The second-order valence-corrected chi connectivity index (χ2v) is 4.12. The first kappa shape index (κ1) is 12.2. The maximum absolute atomic E-state index is 5.49. The average Bonchev–Trinajstić information content (AvgIpc) is 2.21. The molecule has 1 rings (SSSR count). The van der Waals surface area contributed by atoms with Gasteiger partial charge in [0.1, 0.15) is 0 Å². The van der Waals surface area contributed by atoms with Crippen LogP contribution in [0.2, 0.25) is 0 Å². The lowest BCUT2D eigenvalue weighted by molar-refractivity contribution is 0.338. The molecule has 15 heavy (non-hydrogen) atoms. The van der Waals surface area contributed by atoms with Gasteiger partial charge in [-0.3, -0.25) is 0 Å². The van der Waals surface area contributed by atoms with E-state index in [-0.39, 0.29) is 0 Å². The van der Waals surface area contributed by atoms with Crippen molar-refractivity contribution < 1.29 is 0 Å². The summed E-state index contributed by atoms with van der Waals surface area (Å²) in [5.74, 6) is 0. The van der Waals surface area contributed by atoms with Crippen molar-refractivity contribution in [2.75, 3.05) is 26.7 Å². The molecule has 0 saturated heterocycles. The largest absolute Gasteiger partial charge is 0.329 e. The summed E-state index contributed by atoms with van der Waals surface area (Å²) in [6, 6.07) is 8.61. The average molecular weight is 206 g/mol. The third kappa shape index (κ3) is 4.45. The van der Waals surface area contributed by atoms with E-state index in [1.165, 1.54) is 24.0 Å². The molecule has 0 spiro atoms. The molecule has 0 aromatic heterocycles. The molecule has 0 bridgehead atoms. The Balaban J connectivity index is 2.29. The SMILES string of the molecule is Cc1ccccc1CCCN(C)CCN. The smallest absolute Gasteiger partial charge is 0.0102 e. The van der Waals surface area contributed by atoms with Crippen molar-refractivity contribution >= 4 is 0 Å². The van der Waals surface area contributed by atoms with Crippen LogP contribution in [0.1, 0.15) is 17.5 Å². The number of benzene rings is 1. The maximum atomic E-state index is 5.49. The van der Waals surface area contributed by atoms with E-state index in [1.807, 2.05) is 0 Å². The zero-order valence-corrected chi connectivity index (χ0v) is 9.87. The highest BCUT2D eigenvalue weighted by atomic mass is 15.1. The monoisotopic (exact) mass is 206 g/mol. The van der Waals surface area contributed by atoms with Crippen LogP contribution in [0.15, 0.2) is 24.3 Å². The van der Waals surface area contributed by atoms with Gasteiger partial charge in [0.15, 0.2) is 0 Å². The van der Waals surface area contributed by atoms with Crippen LogP contribution >= 0.6 is 0 Å². The molecule has 2 nitrogen and oxygen atoms in total. The van der Waals surface area contributed by atoms with Crippen molar-refractivity contribution in [1.82, 2.24) is 4.90 Å². The van der Waals surface area contributed by atoms with Crippen LogP contribution in [0, 0.1) is 6.92 Å². The van der Waals surface area contributed by atoms with Gasteiger partial charge in [0.25, 0.3) is 0 Å².